The van der Waals surface area contributed by atoms with E-state index in [-0.39, 0.29) is 24.1 Å². The maximum Gasteiger partial charge on any atom is 0.280 e. The highest BCUT2D eigenvalue weighted by atomic mass is 16.5. The molecule has 5 aromatic rings. The zero-order valence-corrected chi connectivity index (χ0v) is 16.7. The number of fused-ring (bicyclic) bond motifs is 2. The Balaban J connectivity index is 1.20. The van der Waals surface area contributed by atoms with E-state index in [1.165, 1.54) is 20.9 Å². The van der Waals surface area contributed by atoms with Crippen LogP contribution in [0.15, 0.2) is 52.3 Å². The lowest BCUT2D eigenvalue weighted by molar-refractivity contribution is 0.110. The van der Waals surface area contributed by atoms with Crippen LogP contribution in [0.4, 0.5) is 0 Å². The molecular formula is C21H19N7O3. The molecule has 4 aromatic heterocycles. The normalized spacial score (nSPS) is 19.0. The summed E-state index contributed by atoms with van der Waals surface area (Å²) in [5, 5.41) is 13.5. The quantitative estimate of drug-likeness (QED) is 0.477. The lowest BCUT2D eigenvalue weighted by atomic mass is 9.99. The number of benzene rings is 1. The highest BCUT2D eigenvalue weighted by molar-refractivity contribution is 5.79. The first-order chi connectivity index (χ1) is 15.2. The summed E-state index contributed by atoms with van der Waals surface area (Å²) in [6.07, 6.45) is 5.73. The van der Waals surface area contributed by atoms with Crippen molar-refractivity contribution in [1.29, 1.82) is 0 Å². The van der Waals surface area contributed by atoms with Crippen LogP contribution in [0.1, 0.15) is 41.3 Å². The molecule has 0 bridgehead atoms. The molecule has 0 aliphatic carbocycles. The Hall–Kier alpha value is -3.79. The Morgan fingerprint density at radius 1 is 1.26 bits per heavy atom. The van der Waals surface area contributed by atoms with Gasteiger partial charge in [0.05, 0.1) is 18.9 Å². The van der Waals surface area contributed by atoms with Crippen LogP contribution >= 0.6 is 0 Å². The Morgan fingerprint density at radius 3 is 3.13 bits per heavy atom. The average Bonchev–Trinajstić information content (AvgIpc) is 3.56. The number of aromatic amines is 1. The second-order valence-corrected chi connectivity index (χ2v) is 7.85. The van der Waals surface area contributed by atoms with Gasteiger partial charge in [0.1, 0.15) is 12.9 Å². The molecule has 1 aliphatic rings. The third-order valence-corrected chi connectivity index (χ3v) is 5.80. The summed E-state index contributed by atoms with van der Waals surface area (Å²) in [5.74, 6) is 0.994. The maximum atomic E-state index is 12.7. The van der Waals surface area contributed by atoms with Gasteiger partial charge in [0.25, 0.3) is 5.56 Å². The van der Waals surface area contributed by atoms with Crippen LogP contribution in [0, 0.1) is 6.92 Å². The Morgan fingerprint density at radius 2 is 2.19 bits per heavy atom. The third-order valence-electron chi connectivity index (χ3n) is 5.80. The first kappa shape index (κ1) is 18.0. The number of hydrogen-bond donors (Lipinski definition) is 1. The Labute approximate surface area is 175 Å². The van der Waals surface area contributed by atoms with Crippen molar-refractivity contribution in [1.82, 2.24) is 34.5 Å². The number of nitrogens with zero attached hydrogens (tertiary/aromatic N) is 6. The number of aromatic nitrogens is 7. The standard InChI is InChI=1S/C21H19N7O3/c1-12-8-23-28-19(12)21(29)27(11-24-28)9-18-25-20(26-31-18)15-7-17(30-10-15)14-3-2-13-4-5-22-16(13)6-14/h2-6,8,11,15,17,22H,7,9-10H2,1H3/t15-,17+/m0/s1. The van der Waals surface area contributed by atoms with Gasteiger partial charge in [-0.05, 0) is 36.4 Å². The molecule has 2 atom stereocenters. The van der Waals surface area contributed by atoms with E-state index in [2.05, 4.69) is 43.5 Å². The van der Waals surface area contributed by atoms with E-state index in [9.17, 15) is 4.79 Å². The molecule has 0 spiro atoms. The minimum absolute atomic E-state index is 0.0151. The summed E-state index contributed by atoms with van der Waals surface area (Å²) in [4.78, 5) is 20.5. The summed E-state index contributed by atoms with van der Waals surface area (Å²) < 4.78 is 14.2. The Kier molecular flexibility index (Phi) is 4.00. The van der Waals surface area contributed by atoms with Crippen LogP contribution < -0.4 is 5.56 Å². The van der Waals surface area contributed by atoms with Crippen LogP contribution in [0.2, 0.25) is 0 Å². The maximum absolute atomic E-state index is 12.7. The Bertz CT molecular complexity index is 1460. The number of nitrogens with one attached hydrogen (secondary N) is 1. The van der Waals surface area contributed by atoms with Crippen LogP contribution in [-0.4, -0.2) is 41.1 Å². The van der Waals surface area contributed by atoms with E-state index >= 15 is 0 Å². The van der Waals surface area contributed by atoms with Crippen molar-refractivity contribution in [3.8, 4) is 0 Å². The fourth-order valence-corrected chi connectivity index (χ4v) is 4.12. The fourth-order valence-electron chi connectivity index (χ4n) is 4.12. The van der Waals surface area contributed by atoms with Crippen molar-refractivity contribution >= 4 is 16.4 Å². The molecule has 0 saturated carbocycles. The van der Waals surface area contributed by atoms with E-state index in [0.29, 0.717) is 23.8 Å². The first-order valence-corrected chi connectivity index (χ1v) is 10.1. The number of aryl methyl sites for hydroxylation is 1. The van der Waals surface area contributed by atoms with Crippen LogP contribution in [0.3, 0.4) is 0 Å². The molecule has 1 fully saturated rings. The van der Waals surface area contributed by atoms with E-state index in [4.69, 9.17) is 9.26 Å². The van der Waals surface area contributed by atoms with Gasteiger partial charge in [0.15, 0.2) is 11.3 Å². The van der Waals surface area contributed by atoms with Gasteiger partial charge in [-0.25, -0.2) is 0 Å². The molecule has 0 radical (unpaired) electrons. The van der Waals surface area contributed by atoms with E-state index in [0.717, 1.165) is 23.1 Å². The van der Waals surface area contributed by atoms with E-state index in [1.807, 2.05) is 19.2 Å². The van der Waals surface area contributed by atoms with Gasteiger partial charge in [0.2, 0.25) is 5.89 Å². The molecule has 10 heteroatoms. The van der Waals surface area contributed by atoms with E-state index in [1.54, 1.807) is 6.20 Å². The van der Waals surface area contributed by atoms with Crippen LogP contribution in [0.5, 0.6) is 0 Å². The summed E-state index contributed by atoms with van der Waals surface area (Å²) in [6, 6.07) is 8.36. The molecule has 0 amide bonds. The molecule has 1 saturated heterocycles. The molecule has 5 heterocycles. The molecule has 1 aliphatic heterocycles. The minimum atomic E-state index is -0.200. The average molecular weight is 417 g/mol. The third kappa shape index (κ3) is 3.03. The molecule has 156 valence electrons. The fraction of sp³-hybridized carbons (Fsp3) is 0.286. The molecule has 1 aromatic carbocycles. The summed E-state index contributed by atoms with van der Waals surface area (Å²) >= 11 is 0. The molecule has 6 rings (SSSR count). The van der Waals surface area contributed by atoms with Gasteiger partial charge in [0, 0.05) is 23.2 Å². The number of ether oxygens (including phenoxy) is 1. The minimum Gasteiger partial charge on any atom is -0.373 e. The van der Waals surface area contributed by atoms with Gasteiger partial charge < -0.3 is 14.2 Å². The largest absolute Gasteiger partial charge is 0.373 e. The van der Waals surface area contributed by atoms with E-state index < -0.39 is 0 Å². The zero-order chi connectivity index (χ0) is 20.9. The van der Waals surface area contributed by atoms with Crippen molar-refractivity contribution in [3.63, 3.8) is 0 Å². The topological polar surface area (TPSA) is 116 Å². The van der Waals surface area contributed by atoms with Gasteiger partial charge in [-0.2, -0.15) is 10.1 Å². The highest BCUT2D eigenvalue weighted by Crippen LogP contribution is 2.37. The van der Waals surface area contributed by atoms with Gasteiger partial charge in [-0.3, -0.25) is 9.36 Å². The van der Waals surface area contributed by atoms with Gasteiger partial charge in [-0.15, -0.1) is 9.73 Å². The molecule has 10 nitrogen and oxygen atoms in total. The van der Waals surface area contributed by atoms with Crippen molar-refractivity contribution in [2.75, 3.05) is 6.61 Å². The molecule has 0 unspecified atom stereocenters. The summed E-state index contributed by atoms with van der Waals surface area (Å²) in [5.41, 5.74) is 3.23. The monoisotopic (exact) mass is 417 g/mol. The highest BCUT2D eigenvalue weighted by Gasteiger charge is 2.31. The first-order valence-electron chi connectivity index (χ1n) is 10.1. The second kappa shape index (κ2) is 6.88. The lowest BCUT2D eigenvalue weighted by Crippen LogP contribution is -2.24. The zero-order valence-electron chi connectivity index (χ0n) is 16.7. The van der Waals surface area contributed by atoms with Crippen LogP contribution in [-0.2, 0) is 11.3 Å². The van der Waals surface area contributed by atoms with Crippen LogP contribution in [0.25, 0.3) is 16.4 Å². The van der Waals surface area contributed by atoms with Crippen molar-refractivity contribution < 1.29 is 9.26 Å². The number of H-pyrrole nitrogens is 1. The van der Waals surface area contributed by atoms with Crippen molar-refractivity contribution in [2.24, 2.45) is 0 Å². The van der Waals surface area contributed by atoms with Gasteiger partial charge in [-0.1, -0.05) is 17.3 Å². The number of rotatable bonds is 4. The SMILES string of the molecule is Cc1cnn2ncn(Cc3nc([C@@H]4CO[C@@H](c5ccc6cc[nH]c6c5)C4)no3)c(=O)c12. The molecule has 1 N–H and O–H groups in total. The molecular weight excluding hydrogens is 398 g/mol. The summed E-state index contributed by atoms with van der Waals surface area (Å²) in [7, 11) is 0. The predicted molar refractivity (Wildman–Crippen MR) is 110 cm³/mol. The lowest BCUT2D eigenvalue weighted by Gasteiger charge is -2.09. The summed E-state index contributed by atoms with van der Waals surface area (Å²) in [6.45, 7) is 2.50. The smallest absolute Gasteiger partial charge is 0.280 e. The second-order valence-electron chi connectivity index (χ2n) is 7.85. The number of hydrogen-bond acceptors (Lipinski definition) is 7. The van der Waals surface area contributed by atoms with Gasteiger partial charge >= 0.3 is 0 Å². The van der Waals surface area contributed by atoms with Crippen molar-refractivity contribution in [3.05, 3.63) is 76.2 Å². The predicted octanol–water partition coefficient (Wildman–Crippen LogP) is 2.36. The molecule has 31 heavy (non-hydrogen) atoms. The van der Waals surface area contributed by atoms with Crippen molar-refractivity contribution in [2.45, 2.75) is 31.9 Å².